The molecule has 0 bridgehead atoms. The van der Waals surface area contributed by atoms with Gasteiger partial charge >= 0.3 is 7.75 Å². The predicted octanol–water partition coefficient (Wildman–Crippen LogP) is -0.757. The molecular weight excluding hydrogens is 159 g/mol. The summed E-state index contributed by atoms with van der Waals surface area (Å²) in [6.45, 7) is 0. The Morgan fingerprint density at radius 3 is 3.00 bits per heavy atom. The monoisotopic (exact) mass is 164 g/mol. The van der Waals surface area contributed by atoms with E-state index < -0.39 is 7.75 Å². The lowest BCUT2D eigenvalue weighted by Crippen LogP contribution is -2.00. The molecule has 0 saturated carbocycles. The third-order valence-electron chi connectivity index (χ3n) is 0.619. The van der Waals surface area contributed by atoms with E-state index >= 15 is 0 Å². The highest BCUT2D eigenvalue weighted by atomic mass is 31.2. The van der Waals surface area contributed by atoms with Gasteiger partial charge in [0, 0.05) is 0 Å². The molecule has 7 nitrogen and oxygen atoms in total. The first-order chi connectivity index (χ1) is 4.58. The minimum absolute atomic E-state index is 0.103. The van der Waals surface area contributed by atoms with Crippen molar-refractivity contribution < 1.29 is 14.0 Å². The van der Waals surface area contributed by atoms with E-state index in [0.29, 0.717) is 0 Å². The highest BCUT2D eigenvalue weighted by molar-refractivity contribution is 7.50. The molecular formula is C2H5N4O3P. The van der Waals surface area contributed by atoms with Crippen LogP contribution in [-0.2, 0) is 4.57 Å². The van der Waals surface area contributed by atoms with E-state index in [4.69, 9.17) is 4.89 Å². The molecule has 0 amide bonds. The van der Waals surface area contributed by atoms with Crippen LogP contribution in [0, 0.1) is 0 Å². The Balaban J connectivity index is 2.66. The molecule has 0 aromatic carbocycles. The first kappa shape index (κ1) is 7.20. The molecule has 0 saturated heterocycles. The highest BCUT2D eigenvalue weighted by Crippen LogP contribution is 2.31. The van der Waals surface area contributed by atoms with Gasteiger partial charge in [-0.3, -0.25) is 5.10 Å². The van der Waals surface area contributed by atoms with Crippen molar-refractivity contribution in [1.82, 2.24) is 15.4 Å². The van der Waals surface area contributed by atoms with Crippen molar-refractivity contribution in [1.29, 1.82) is 0 Å². The van der Waals surface area contributed by atoms with Crippen LogP contribution in [-0.4, -0.2) is 20.3 Å². The van der Waals surface area contributed by atoms with E-state index in [1.54, 1.807) is 0 Å². The molecule has 10 heavy (non-hydrogen) atoms. The molecule has 1 unspecified atom stereocenters. The zero-order chi connectivity index (χ0) is 7.61. The lowest BCUT2D eigenvalue weighted by Gasteiger charge is -2.01. The molecule has 0 aliphatic rings. The van der Waals surface area contributed by atoms with Crippen LogP contribution in [0.4, 0.5) is 0 Å². The summed E-state index contributed by atoms with van der Waals surface area (Å²) in [5.74, 6) is -0.103. The molecule has 1 aromatic rings. The summed E-state index contributed by atoms with van der Waals surface area (Å²) in [5, 5.41) is 8.76. The van der Waals surface area contributed by atoms with Gasteiger partial charge < -0.3 is 9.42 Å². The average Bonchev–Trinajstić information content (AvgIpc) is 2.12. The molecule has 56 valence electrons. The molecule has 0 aliphatic heterocycles. The summed E-state index contributed by atoms with van der Waals surface area (Å²) >= 11 is 0. The largest absolute Gasteiger partial charge is 0.454 e. The topological polar surface area (TPSA) is 114 Å². The molecule has 1 atom stereocenters. The van der Waals surface area contributed by atoms with E-state index in [2.05, 4.69) is 25.4 Å². The molecule has 0 spiro atoms. The van der Waals surface area contributed by atoms with Gasteiger partial charge in [0.1, 0.15) is 0 Å². The molecule has 0 aliphatic carbocycles. The Morgan fingerprint density at radius 2 is 2.60 bits per heavy atom. The fourth-order valence-electron chi connectivity index (χ4n) is 0.370. The zero-order valence-corrected chi connectivity index (χ0v) is 5.65. The summed E-state index contributed by atoms with van der Waals surface area (Å²) in [5.41, 5.74) is 4.63. The summed E-state index contributed by atoms with van der Waals surface area (Å²) in [6.07, 6.45) is 1.20. The number of hydrogen-bond donors (Lipinski definition) is 3. The van der Waals surface area contributed by atoms with Crippen molar-refractivity contribution in [2.24, 2.45) is 5.50 Å². The first-order valence-electron chi connectivity index (χ1n) is 2.25. The van der Waals surface area contributed by atoms with E-state index in [1.165, 1.54) is 6.20 Å². The van der Waals surface area contributed by atoms with Gasteiger partial charge in [-0.15, -0.1) is 0 Å². The Hall–Kier alpha value is -0.910. The summed E-state index contributed by atoms with van der Waals surface area (Å²) in [4.78, 5) is 8.42. The lowest BCUT2D eigenvalue weighted by molar-refractivity contribution is 0.375. The average molecular weight is 164 g/mol. The Kier molecular flexibility index (Phi) is 1.71. The lowest BCUT2D eigenvalue weighted by atomic mass is 10.9. The van der Waals surface area contributed by atoms with E-state index in [0.717, 1.165) is 0 Å². The number of rotatable bonds is 2. The second-order valence-corrected chi connectivity index (χ2v) is 2.78. The maximum absolute atomic E-state index is 10.3. The third-order valence-corrected chi connectivity index (χ3v) is 1.07. The van der Waals surface area contributed by atoms with Crippen LogP contribution in [0.3, 0.4) is 0 Å². The van der Waals surface area contributed by atoms with Crippen molar-refractivity contribution in [2.75, 3.05) is 0 Å². The van der Waals surface area contributed by atoms with Crippen LogP contribution in [0.25, 0.3) is 0 Å². The van der Waals surface area contributed by atoms with Gasteiger partial charge in [0.2, 0.25) is 0 Å². The van der Waals surface area contributed by atoms with Crippen LogP contribution in [0.1, 0.15) is 0 Å². The van der Waals surface area contributed by atoms with E-state index in [1.807, 2.05) is 0 Å². The summed E-state index contributed by atoms with van der Waals surface area (Å²) < 4.78 is 14.5. The number of nitrogens with two attached hydrogens (primary N) is 1. The Labute approximate surface area is 55.8 Å². The molecule has 0 radical (unpaired) electrons. The van der Waals surface area contributed by atoms with Crippen LogP contribution in [0.5, 0.6) is 5.88 Å². The normalized spacial score (nSPS) is 16.2. The smallest absolute Gasteiger partial charge is 0.392 e. The molecule has 1 aromatic heterocycles. The van der Waals surface area contributed by atoms with Crippen molar-refractivity contribution in [3.05, 3.63) is 6.20 Å². The van der Waals surface area contributed by atoms with Crippen LogP contribution < -0.4 is 10.0 Å². The molecule has 1 heterocycles. The van der Waals surface area contributed by atoms with E-state index in [9.17, 15) is 4.57 Å². The predicted molar refractivity (Wildman–Crippen MR) is 31.0 cm³/mol. The quantitative estimate of drug-likeness (QED) is 0.495. The van der Waals surface area contributed by atoms with Crippen molar-refractivity contribution in [3.63, 3.8) is 0 Å². The van der Waals surface area contributed by atoms with Crippen LogP contribution >= 0.6 is 7.75 Å². The fraction of sp³-hybridized carbons (Fsp3) is 0. The van der Waals surface area contributed by atoms with Gasteiger partial charge in [-0.2, -0.15) is 0 Å². The minimum Gasteiger partial charge on any atom is -0.392 e. The number of H-pyrrole nitrogens is 1. The Morgan fingerprint density at radius 1 is 1.90 bits per heavy atom. The molecule has 0 fully saturated rings. The number of hydrogen-bond acceptors (Lipinski definition) is 4. The molecule has 1 rings (SSSR count). The third kappa shape index (κ3) is 2.14. The highest BCUT2D eigenvalue weighted by Gasteiger charge is 2.13. The van der Waals surface area contributed by atoms with Gasteiger partial charge in [0.25, 0.3) is 5.88 Å². The number of nitrogens with one attached hydrogen (secondary N) is 1. The number of aromatic nitrogens is 3. The fourth-order valence-corrected chi connectivity index (χ4v) is 0.727. The van der Waals surface area contributed by atoms with E-state index in [-0.39, 0.29) is 5.88 Å². The summed E-state index contributed by atoms with van der Waals surface area (Å²) in [6, 6.07) is 0. The number of nitrogens with zero attached hydrogens (tertiary/aromatic N) is 2. The van der Waals surface area contributed by atoms with Crippen molar-refractivity contribution in [2.45, 2.75) is 0 Å². The maximum atomic E-state index is 10.3. The summed E-state index contributed by atoms with van der Waals surface area (Å²) in [7, 11) is -3.98. The maximum Gasteiger partial charge on any atom is 0.454 e. The van der Waals surface area contributed by atoms with Crippen LogP contribution in [0.15, 0.2) is 6.20 Å². The molecule has 4 N–H and O–H groups in total. The first-order valence-corrected chi connectivity index (χ1v) is 3.90. The van der Waals surface area contributed by atoms with Gasteiger partial charge in [0.15, 0.2) is 0 Å². The van der Waals surface area contributed by atoms with Crippen LogP contribution in [0.2, 0.25) is 0 Å². The minimum atomic E-state index is -3.98. The molecule has 8 heteroatoms. The Bertz CT molecular complexity index is 239. The van der Waals surface area contributed by atoms with Crippen molar-refractivity contribution >= 4 is 7.75 Å². The van der Waals surface area contributed by atoms with Gasteiger partial charge in [-0.25, -0.2) is 10.1 Å². The number of aromatic amines is 1. The zero-order valence-electron chi connectivity index (χ0n) is 4.76. The van der Waals surface area contributed by atoms with Gasteiger partial charge in [0.05, 0.1) is 6.20 Å². The van der Waals surface area contributed by atoms with Gasteiger partial charge in [-0.05, 0) is 0 Å². The standard InChI is InChI=1S/C2H5N4O3P/c3-10(7,8)9-2-1-4-6-5-2/h1H,(H3,3,7,8)(H,4,5,6). The van der Waals surface area contributed by atoms with Gasteiger partial charge in [-0.1, -0.05) is 10.3 Å². The SMILES string of the molecule is NP(=O)(O)Oc1c[nH]nn1. The van der Waals surface area contributed by atoms with Crippen molar-refractivity contribution in [3.8, 4) is 5.88 Å². The second-order valence-electron chi connectivity index (χ2n) is 1.47. The second kappa shape index (κ2) is 2.37.